The van der Waals surface area contributed by atoms with E-state index in [9.17, 15) is 0 Å². The Bertz CT molecular complexity index is 1080. The lowest BCUT2D eigenvalue weighted by atomic mass is 10.2. The van der Waals surface area contributed by atoms with Crippen molar-refractivity contribution in [3.63, 3.8) is 0 Å². The summed E-state index contributed by atoms with van der Waals surface area (Å²) in [5, 5.41) is 0.994. The zero-order valence-electron chi connectivity index (χ0n) is 14.5. The van der Waals surface area contributed by atoms with Crippen LogP contribution in [0.4, 0.5) is 0 Å². The number of para-hydroxylation sites is 3. The molecule has 0 amide bonds. The molecule has 0 fully saturated rings. The summed E-state index contributed by atoms with van der Waals surface area (Å²) in [7, 11) is 1.61. The topological polar surface area (TPSA) is 57.1 Å². The van der Waals surface area contributed by atoms with Crippen LogP contribution < -0.4 is 9.47 Å². The first-order chi connectivity index (χ1) is 12.7. The summed E-state index contributed by atoms with van der Waals surface area (Å²) in [5.41, 5.74) is 2.46. The van der Waals surface area contributed by atoms with E-state index >= 15 is 0 Å². The number of ether oxygens (including phenoxy) is 2. The van der Waals surface area contributed by atoms with Gasteiger partial charge in [0.2, 0.25) is 5.88 Å². The zero-order valence-corrected chi connectivity index (χ0v) is 14.5. The Kier molecular flexibility index (Phi) is 4.19. The number of aryl methyl sites for hydroxylation is 1. The lowest BCUT2D eigenvalue weighted by Gasteiger charge is -2.12. The largest absolute Gasteiger partial charge is 0.493 e. The van der Waals surface area contributed by atoms with E-state index in [0.717, 1.165) is 16.5 Å². The number of benzene rings is 2. The average molecular weight is 343 g/mol. The third-order valence-electron chi connectivity index (χ3n) is 4.04. The Morgan fingerprint density at radius 1 is 0.808 bits per heavy atom. The molecule has 2 aromatic heterocycles. The Morgan fingerprint density at radius 2 is 1.58 bits per heavy atom. The summed E-state index contributed by atoms with van der Waals surface area (Å²) in [5.74, 6) is 2.33. The molecule has 4 aromatic rings. The van der Waals surface area contributed by atoms with Gasteiger partial charge >= 0.3 is 0 Å². The Labute approximate surface area is 151 Å². The van der Waals surface area contributed by atoms with Gasteiger partial charge in [-0.3, -0.25) is 0 Å². The van der Waals surface area contributed by atoms with Gasteiger partial charge in [0.15, 0.2) is 17.3 Å². The van der Waals surface area contributed by atoms with Crippen molar-refractivity contribution >= 4 is 10.9 Å². The number of pyridine rings is 1. The maximum absolute atomic E-state index is 5.99. The summed E-state index contributed by atoms with van der Waals surface area (Å²) in [6, 6.07) is 19.2. The number of rotatable bonds is 4. The molecule has 0 saturated heterocycles. The Morgan fingerprint density at radius 3 is 2.42 bits per heavy atom. The molecule has 5 nitrogen and oxygen atoms in total. The fourth-order valence-corrected chi connectivity index (χ4v) is 2.64. The average Bonchev–Trinajstić information content (AvgIpc) is 2.69. The summed E-state index contributed by atoms with van der Waals surface area (Å²) in [6.45, 7) is 1.95. The van der Waals surface area contributed by atoms with Gasteiger partial charge in [0.1, 0.15) is 5.69 Å². The second-order valence-corrected chi connectivity index (χ2v) is 5.82. The molecule has 5 heteroatoms. The quantitative estimate of drug-likeness (QED) is 0.533. The second-order valence-electron chi connectivity index (χ2n) is 5.82. The molecule has 0 N–H and O–H groups in total. The summed E-state index contributed by atoms with van der Waals surface area (Å²) < 4.78 is 11.3. The molecule has 0 spiro atoms. The van der Waals surface area contributed by atoms with Gasteiger partial charge in [0.05, 0.1) is 12.6 Å². The van der Waals surface area contributed by atoms with Crippen molar-refractivity contribution in [3.05, 3.63) is 72.4 Å². The fourth-order valence-electron chi connectivity index (χ4n) is 2.64. The molecule has 2 aromatic carbocycles. The standard InChI is InChI=1S/C21H17N3O2/c1-14-11-12-17(20-22-13-15-7-3-4-8-16(15)23-20)24-21(14)26-19-10-6-5-9-18(19)25-2/h3-13H,1-2H3. The van der Waals surface area contributed by atoms with Gasteiger partial charge in [0.25, 0.3) is 0 Å². The van der Waals surface area contributed by atoms with Gasteiger partial charge in [-0.15, -0.1) is 0 Å². The van der Waals surface area contributed by atoms with E-state index in [1.165, 1.54) is 0 Å². The molecular weight excluding hydrogens is 326 g/mol. The number of nitrogens with zero attached hydrogens (tertiary/aromatic N) is 3. The highest BCUT2D eigenvalue weighted by Crippen LogP contribution is 2.32. The fraction of sp³-hybridized carbons (Fsp3) is 0.0952. The highest BCUT2D eigenvalue weighted by molar-refractivity contribution is 5.79. The van der Waals surface area contributed by atoms with E-state index in [1.807, 2.05) is 67.6 Å². The number of aromatic nitrogens is 3. The molecular formula is C21H17N3O2. The highest BCUT2D eigenvalue weighted by atomic mass is 16.5. The summed E-state index contributed by atoms with van der Waals surface area (Å²) >= 11 is 0. The van der Waals surface area contributed by atoms with Crippen molar-refractivity contribution in [2.75, 3.05) is 7.11 Å². The van der Waals surface area contributed by atoms with Gasteiger partial charge in [0, 0.05) is 17.1 Å². The van der Waals surface area contributed by atoms with E-state index < -0.39 is 0 Å². The van der Waals surface area contributed by atoms with Gasteiger partial charge in [-0.2, -0.15) is 0 Å². The van der Waals surface area contributed by atoms with Gasteiger partial charge in [-0.25, -0.2) is 15.0 Å². The predicted octanol–water partition coefficient (Wildman–Crippen LogP) is 4.80. The van der Waals surface area contributed by atoms with Crippen LogP contribution in [0, 0.1) is 6.92 Å². The van der Waals surface area contributed by atoms with Crippen molar-refractivity contribution in [2.24, 2.45) is 0 Å². The van der Waals surface area contributed by atoms with E-state index in [-0.39, 0.29) is 0 Å². The van der Waals surface area contributed by atoms with Gasteiger partial charge in [-0.1, -0.05) is 36.4 Å². The molecule has 128 valence electrons. The molecule has 0 saturated carbocycles. The molecule has 0 aliphatic rings. The first-order valence-corrected chi connectivity index (χ1v) is 8.25. The number of fused-ring (bicyclic) bond motifs is 1. The van der Waals surface area contributed by atoms with Crippen LogP contribution in [-0.4, -0.2) is 22.1 Å². The van der Waals surface area contributed by atoms with E-state index in [1.54, 1.807) is 13.3 Å². The third-order valence-corrected chi connectivity index (χ3v) is 4.04. The number of hydrogen-bond acceptors (Lipinski definition) is 5. The summed E-state index contributed by atoms with van der Waals surface area (Å²) in [6.07, 6.45) is 1.81. The van der Waals surface area contributed by atoms with Crippen LogP contribution in [0.2, 0.25) is 0 Å². The first kappa shape index (κ1) is 16.0. The van der Waals surface area contributed by atoms with Crippen LogP contribution in [0.15, 0.2) is 66.9 Å². The molecule has 0 aliphatic heterocycles. The lowest BCUT2D eigenvalue weighted by molar-refractivity contribution is 0.373. The maximum Gasteiger partial charge on any atom is 0.223 e. The molecule has 4 rings (SSSR count). The zero-order chi connectivity index (χ0) is 17.9. The maximum atomic E-state index is 5.99. The molecule has 2 heterocycles. The molecule has 26 heavy (non-hydrogen) atoms. The Hall–Kier alpha value is -3.47. The van der Waals surface area contributed by atoms with Crippen LogP contribution >= 0.6 is 0 Å². The number of methoxy groups -OCH3 is 1. The monoisotopic (exact) mass is 343 g/mol. The van der Waals surface area contributed by atoms with Crippen molar-refractivity contribution in [2.45, 2.75) is 6.92 Å². The Balaban J connectivity index is 1.73. The van der Waals surface area contributed by atoms with Crippen molar-refractivity contribution in [3.8, 4) is 28.9 Å². The molecule has 0 radical (unpaired) electrons. The van der Waals surface area contributed by atoms with Crippen LogP contribution in [0.5, 0.6) is 17.4 Å². The SMILES string of the molecule is COc1ccccc1Oc1nc(-c2ncc3ccccc3n2)ccc1C. The van der Waals surface area contributed by atoms with Gasteiger partial charge in [-0.05, 0) is 31.2 Å². The van der Waals surface area contributed by atoms with Crippen molar-refractivity contribution in [1.29, 1.82) is 0 Å². The normalized spacial score (nSPS) is 10.7. The number of hydrogen-bond donors (Lipinski definition) is 0. The van der Waals surface area contributed by atoms with Crippen LogP contribution in [0.25, 0.3) is 22.4 Å². The second kappa shape index (κ2) is 6.80. The third kappa shape index (κ3) is 3.07. The highest BCUT2D eigenvalue weighted by Gasteiger charge is 2.11. The minimum atomic E-state index is 0.503. The molecule has 0 unspecified atom stereocenters. The van der Waals surface area contributed by atoms with Crippen molar-refractivity contribution < 1.29 is 9.47 Å². The predicted molar refractivity (Wildman–Crippen MR) is 101 cm³/mol. The molecule has 0 aliphatic carbocycles. The van der Waals surface area contributed by atoms with E-state index in [0.29, 0.717) is 28.9 Å². The van der Waals surface area contributed by atoms with Crippen LogP contribution in [0.1, 0.15) is 5.56 Å². The van der Waals surface area contributed by atoms with Crippen LogP contribution in [0.3, 0.4) is 0 Å². The lowest BCUT2D eigenvalue weighted by Crippen LogP contribution is -1.97. The molecule has 0 atom stereocenters. The van der Waals surface area contributed by atoms with E-state index in [2.05, 4.69) is 15.0 Å². The van der Waals surface area contributed by atoms with Crippen molar-refractivity contribution in [1.82, 2.24) is 15.0 Å². The minimum absolute atomic E-state index is 0.503. The summed E-state index contributed by atoms with van der Waals surface area (Å²) in [4.78, 5) is 13.7. The van der Waals surface area contributed by atoms with E-state index in [4.69, 9.17) is 9.47 Å². The first-order valence-electron chi connectivity index (χ1n) is 8.25. The van der Waals surface area contributed by atoms with Gasteiger partial charge < -0.3 is 9.47 Å². The van der Waals surface area contributed by atoms with Crippen LogP contribution in [-0.2, 0) is 0 Å². The molecule has 0 bridgehead atoms. The minimum Gasteiger partial charge on any atom is -0.493 e. The smallest absolute Gasteiger partial charge is 0.223 e.